The Labute approximate surface area is 110 Å². The smallest absolute Gasteiger partial charge is 0.304 e. The number of nitrogens with zero attached hydrogens (tertiary/aromatic N) is 1. The first kappa shape index (κ1) is 11.2. The van der Waals surface area contributed by atoms with Gasteiger partial charge >= 0.3 is 6.03 Å². The van der Waals surface area contributed by atoms with Crippen molar-refractivity contribution in [1.82, 2.24) is 5.32 Å². The van der Waals surface area contributed by atoms with Crippen molar-refractivity contribution in [2.75, 3.05) is 0 Å². The Morgan fingerprint density at radius 3 is 3.06 bits per heavy atom. The molecule has 1 heterocycles. The van der Waals surface area contributed by atoms with Gasteiger partial charge in [-0.3, -0.25) is 0 Å². The zero-order chi connectivity index (χ0) is 12.7. The van der Waals surface area contributed by atoms with E-state index in [0.29, 0.717) is 5.71 Å². The van der Waals surface area contributed by atoms with E-state index in [1.165, 1.54) is 0 Å². The van der Waals surface area contributed by atoms with Crippen LogP contribution in [0.25, 0.3) is 0 Å². The molecule has 2 aliphatic rings. The highest BCUT2D eigenvalue weighted by atomic mass is 35.5. The number of hydrogen-bond donors (Lipinski definition) is 1. The van der Waals surface area contributed by atoms with Crippen molar-refractivity contribution in [3.63, 3.8) is 0 Å². The Morgan fingerprint density at radius 2 is 2.22 bits per heavy atom. The van der Waals surface area contributed by atoms with Crippen LogP contribution in [0.15, 0.2) is 47.1 Å². The summed E-state index contributed by atoms with van der Waals surface area (Å²) >= 11 is 6.22. The molecular formula is C14H11ClN2O. The van der Waals surface area contributed by atoms with E-state index in [1.807, 2.05) is 37.3 Å². The second-order valence-corrected chi connectivity index (χ2v) is 4.82. The lowest BCUT2D eigenvalue weighted by molar-refractivity contribution is 0.253. The van der Waals surface area contributed by atoms with E-state index in [0.717, 1.165) is 21.8 Å². The molecule has 3 rings (SSSR count). The van der Waals surface area contributed by atoms with Gasteiger partial charge in [0, 0.05) is 10.9 Å². The quantitative estimate of drug-likeness (QED) is 0.825. The largest absolute Gasteiger partial charge is 0.346 e. The van der Waals surface area contributed by atoms with Crippen molar-refractivity contribution < 1.29 is 4.79 Å². The lowest BCUT2D eigenvalue weighted by Gasteiger charge is -2.16. The number of benzene rings is 1. The predicted molar refractivity (Wildman–Crippen MR) is 72.1 cm³/mol. The van der Waals surface area contributed by atoms with Gasteiger partial charge in [0.2, 0.25) is 0 Å². The van der Waals surface area contributed by atoms with E-state index in [2.05, 4.69) is 16.4 Å². The van der Waals surface area contributed by atoms with Crippen molar-refractivity contribution in [2.45, 2.75) is 12.8 Å². The summed E-state index contributed by atoms with van der Waals surface area (Å²) in [5.41, 5.74) is 3.67. The van der Waals surface area contributed by atoms with E-state index in [1.54, 1.807) is 0 Å². The third-order valence-corrected chi connectivity index (χ3v) is 3.40. The summed E-state index contributed by atoms with van der Waals surface area (Å²) in [4.78, 5) is 15.0. The van der Waals surface area contributed by atoms with Gasteiger partial charge in [0.1, 0.15) is 0 Å². The Kier molecular flexibility index (Phi) is 2.56. The fourth-order valence-corrected chi connectivity index (χ4v) is 2.42. The second-order valence-electron chi connectivity index (χ2n) is 4.42. The number of amides is 2. The van der Waals surface area contributed by atoms with Crippen LogP contribution in [0, 0.1) is 6.92 Å². The number of allylic oxidation sites excluding steroid dienone is 3. The monoisotopic (exact) mass is 258 g/mol. The van der Waals surface area contributed by atoms with Crippen LogP contribution in [-0.2, 0) is 0 Å². The third-order valence-electron chi connectivity index (χ3n) is 3.06. The summed E-state index contributed by atoms with van der Waals surface area (Å²) in [6.45, 7) is 2.03. The number of aliphatic imine (C=N–C) groups is 1. The highest BCUT2D eigenvalue weighted by molar-refractivity contribution is 6.31. The fourth-order valence-electron chi connectivity index (χ4n) is 2.17. The minimum absolute atomic E-state index is 0.0738. The van der Waals surface area contributed by atoms with Gasteiger partial charge in [0.05, 0.1) is 11.4 Å². The Bertz CT molecular complexity index is 629. The number of urea groups is 1. The maximum Gasteiger partial charge on any atom is 0.346 e. The molecule has 4 heteroatoms. The summed E-state index contributed by atoms with van der Waals surface area (Å²) in [5, 5.41) is 3.45. The minimum atomic E-state index is -0.308. The first-order chi connectivity index (χ1) is 8.63. The highest BCUT2D eigenvalue weighted by Crippen LogP contribution is 2.31. The summed E-state index contributed by atoms with van der Waals surface area (Å²) < 4.78 is 0. The fraction of sp³-hybridized carbons (Fsp3) is 0.143. The second kappa shape index (κ2) is 4.10. The van der Waals surface area contributed by atoms with Crippen LogP contribution in [0.2, 0.25) is 5.02 Å². The Hall–Kier alpha value is -1.87. The first-order valence-electron chi connectivity index (χ1n) is 5.69. The number of nitrogens with one attached hydrogen (secondary N) is 1. The minimum Gasteiger partial charge on any atom is -0.304 e. The average Bonchev–Trinajstić information content (AvgIpc) is 2.71. The summed E-state index contributed by atoms with van der Waals surface area (Å²) in [7, 11) is 0. The van der Waals surface area contributed by atoms with Gasteiger partial charge in [-0.1, -0.05) is 35.4 Å². The van der Waals surface area contributed by atoms with Crippen molar-refractivity contribution >= 4 is 23.3 Å². The van der Waals surface area contributed by atoms with Crippen LogP contribution in [0.5, 0.6) is 0 Å². The van der Waals surface area contributed by atoms with Crippen molar-refractivity contribution in [3.05, 3.63) is 58.3 Å². The molecule has 90 valence electrons. The number of hydrogen-bond acceptors (Lipinski definition) is 1. The van der Waals surface area contributed by atoms with Crippen LogP contribution >= 0.6 is 11.6 Å². The summed E-state index contributed by atoms with van der Waals surface area (Å²) in [6, 6.07) is 5.63. The number of aryl methyl sites for hydroxylation is 1. The molecule has 1 aliphatic heterocycles. The van der Waals surface area contributed by atoms with Gasteiger partial charge in [-0.05, 0) is 30.7 Å². The van der Waals surface area contributed by atoms with E-state index in [9.17, 15) is 4.79 Å². The molecule has 3 nitrogen and oxygen atoms in total. The molecule has 1 aromatic carbocycles. The van der Waals surface area contributed by atoms with E-state index >= 15 is 0 Å². The predicted octanol–water partition coefficient (Wildman–Crippen LogP) is 3.35. The number of halogens is 1. The Morgan fingerprint density at radius 1 is 1.39 bits per heavy atom. The van der Waals surface area contributed by atoms with Crippen LogP contribution in [-0.4, -0.2) is 11.7 Å². The molecule has 1 atom stereocenters. The third kappa shape index (κ3) is 1.87. The van der Waals surface area contributed by atoms with Crippen LogP contribution in [0.4, 0.5) is 4.79 Å². The summed E-state index contributed by atoms with van der Waals surface area (Å²) in [6.07, 6.45) is 5.84. The normalized spacial score (nSPS) is 21.2. The van der Waals surface area contributed by atoms with Gasteiger partial charge in [-0.25, -0.2) is 4.79 Å². The number of carbonyl (C=O) groups excluding carboxylic acids is 1. The molecule has 0 bridgehead atoms. The van der Waals surface area contributed by atoms with Crippen LogP contribution in [0.3, 0.4) is 0 Å². The molecule has 0 fully saturated rings. The molecular weight excluding hydrogens is 248 g/mol. The lowest BCUT2D eigenvalue weighted by Crippen LogP contribution is -2.17. The van der Waals surface area contributed by atoms with Gasteiger partial charge in [0.15, 0.2) is 0 Å². The van der Waals surface area contributed by atoms with Crippen molar-refractivity contribution in [2.24, 2.45) is 4.99 Å². The van der Waals surface area contributed by atoms with Gasteiger partial charge < -0.3 is 5.32 Å². The SMILES string of the molecule is Cc1ccc(Cl)c(C2C=CC3=NC(=O)NC3=C2)c1. The summed E-state index contributed by atoms with van der Waals surface area (Å²) in [5.74, 6) is 0.0738. The van der Waals surface area contributed by atoms with E-state index < -0.39 is 0 Å². The topological polar surface area (TPSA) is 41.5 Å². The molecule has 2 amide bonds. The zero-order valence-electron chi connectivity index (χ0n) is 9.77. The molecule has 0 spiro atoms. The molecule has 0 saturated heterocycles. The van der Waals surface area contributed by atoms with Gasteiger partial charge in [-0.15, -0.1) is 0 Å². The number of carbonyl (C=O) groups is 1. The Balaban J connectivity index is 2.01. The van der Waals surface area contributed by atoms with E-state index in [-0.39, 0.29) is 11.9 Å². The van der Waals surface area contributed by atoms with Gasteiger partial charge in [0.25, 0.3) is 0 Å². The standard InChI is InChI=1S/C14H11ClN2O/c1-8-2-4-11(15)10(6-8)9-3-5-12-13(7-9)17-14(18)16-12/h2-7,9H,1H3,(H,17,18). The average molecular weight is 259 g/mol. The number of fused-ring (bicyclic) bond motifs is 1. The molecule has 0 saturated carbocycles. The van der Waals surface area contributed by atoms with Crippen molar-refractivity contribution in [1.29, 1.82) is 0 Å². The molecule has 1 aromatic rings. The van der Waals surface area contributed by atoms with Crippen LogP contribution < -0.4 is 5.32 Å². The molecule has 1 unspecified atom stereocenters. The zero-order valence-corrected chi connectivity index (χ0v) is 10.5. The highest BCUT2D eigenvalue weighted by Gasteiger charge is 2.23. The van der Waals surface area contributed by atoms with Crippen molar-refractivity contribution in [3.8, 4) is 0 Å². The first-order valence-corrected chi connectivity index (χ1v) is 6.07. The maximum atomic E-state index is 11.2. The molecule has 0 aromatic heterocycles. The molecule has 1 N–H and O–H groups in total. The maximum absolute atomic E-state index is 11.2. The van der Waals surface area contributed by atoms with Crippen LogP contribution in [0.1, 0.15) is 17.0 Å². The van der Waals surface area contributed by atoms with E-state index in [4.69, 9.17) is 11.6 Å². The molecule has 1 aliphatic carbocycles. The van der Waals surface area contributed by atoms with Gasteiger partial charge in [-0.2, -0.15) is 4.99 Å². The molecule has 18 heavy (non-hydrogen) atoms. The number of rotatable bonds is 1. The molecule has 0 radical (unpaired) electrons. The lowest BCUT2D eigenvalue weighted by atomic mass is 9.92.